The number of anilines is 1. The summed E-state index contributed by atoms with van der Waals surface area (Å²) >= 11 is 0. The summed E-state index contributed by atoms with van der Waals surface area (Å²) in [7, 11) is 0. The van der Waals surface area contributed by atoms with Crippen molar-refractivity contribution >= 4 is 11.7 Å². The first-order valence-corrected chi connectivity index (χ1v) is 6.18. The predicted octanol–water partition coefficient (Wildman–Crippen LogP) is 2.65. The molecule has 1 atom stereocenters. The molecule has 2 aromatic carbocycles. The van der Waals surface area contributed by atoms with E-state index >= 15 is 0 Å². The van der Waals surface area contributed by atoms with Crippen molar-refractivity contribution in [2.45, 2.75) is 6.04 Å². The van der Waals surface area contributed by atoms with Crippen molar-refractivity contribution in [1.29, 1.82) is 0 Å². The zero-order chi connectivity index (χ0) is 13.9. The Morgan fingerprint density at radius 1 is 1.10 bits per heavy atom. The van der Waals surface area contributed by atoms with E-state index in [2.05, 4.69) is 5.32 Å². The molecular formula is C15H13NO4. The highest BCUT2D eigenvalue weighted by molar-refractivity contribution is 5.79. The van der Waals surface area contributed by atoms with Gasteiger partial charge >= 0.3 is 5.97 Å². The molecule has 0 radical (unpaired) electrons. The number of benzene rings is 2. The number of para-hydroxylation sites is 1. The van der Waals surface area contributed by atoms with Crippen LogP contribution in [0.15, 0.2) is 48.5 Å². The summed E-state index contributed by atoms with van der Waals surface area (Å²) in [6.07, 6.45) is 0. The molecule has 0 amide bonds. The smallest absolute Gasteiger partial charge is 0.330 e. The number of hydrogen-bond acceptors (Lipinski definition) is 4. The molecule has 5 heteroatoms. The van der Waals surface area contributed by atoms with Gasteiger partial charge in [-0.1, -0.05) is 24.3 Å². The van der Waals surface area contributed by atoms with Crippen LogP contribution in [0.5, 0.6) is 11.5 Å². The van der Waals surface area contributed by atoms with E-state index in [1.54, 1.807) is 18.2 Å². The van der Waals surface area contributed by atoms with E-state index in [9.17, 15) is 9.90 Å². The SMILES string of the molecule is O=C(O)C(Nc1ccccc1)c1ccc2c(c1)OCO2. The predicted molar refractivity (Wildman–Crippen MR) is 73.0 cm³/mol. The molecule has 1 unspecified atom stereocenters. The second kappa shape index (κ2) is 5.13. The van der Waals surface area contributed by atoms with Gasteiger partial charge in [0.15, 0.2) is 17.5 Å². The topological polar surface area (TPSA) is 67.8 Å². The number of carboxylic acid groups (broad SMARTS) is 1. The quantitative estimate of drug-likeness (QED) is 0.894. The van der Waals surface area contributed by atoms with Crippen LogP contribution in [0.3, 0.4) is 0 Å². The standard InChI is InChI=1S/C15H13NO4/c17-15(18)14(16-11-4-2-1-3-5-11)10-6-7-12-13(8-10)20-9-19-12/h1-8,14,16H,9H2,(H,17,18). The molecule has 3 rings (SSSR count). The third kappa shape index (κ3) is 2.38. The van der Waals surface area contributed by atoms with Gasteiger partial charge in [-0.3, -0.25) is 0 Å². The molecule has 1 heterocycles. The van der Waals surface area contributed by atoms with Crippen molar-refractivity contribution in [1.82, 2.24) is 0 Å². The second-order valence-electron chi connectivity index (χ2n) is 4.39. The Morgan fingerprint density at radius 3 is 2.60 bits per heavy atom. The molecular weight excluding hydrogens is 258 g/mol. The minimum absolute atomic E-state index is 0.169. The fraction of sp³-hybridized carbons (Fsp3) is 0.133. The number of fused-ring (bicyclic) bond motifs is 1. The van der Waals surface area contributed by atoms with Gasteiger partial charge in [-0.25, -0.2) is 4.79 Å². The number of ether oxygens (including phenoxy) is 2. The molecule has 20 heavy (non-hydrogen) atoms. The molecule has 0 saturated carbocycles. The minimum Gasteiger partial charge on any atom is -0.479 e. The zero-order valence-corrected chi connectivity index (χ0v) is 10.6. The van der Waals surface area contributed by atoms with Crippen LogP contribution >= 0.6 is 0 Å². The molecule has 0 aliphatic carbocycles. The molecule has 2 N–H and O–H groups in total. The largest absolute Gasteiger partial charge is 0.479 e. The average molecular weight is 271 g/mol. The molecule has 0 fully saturated rings. The monoisotopic (exact) mass is 271 g/mol. The Labute approximate surface area is 115 Å². The van der Waals surface area contributed by atoms with E-state index in [0.717, 1.165) is 5.69 Å². The number of carboxylic acids is 1. The summed E-state index contributed by atoms with van der Waals surface area (Å²) < 4.78 is 10.5. The highest BCUT2D eigenvalue weighted by Crippen LogP contribution is 2.35. The maximum atomic E-state index is 11.5. The second-order valence-corrected chi connectivity index (χ2v) is 4.39. The van der Waals surface area contributed by atoms with Crippen molar-refractivity contribution in [3.8, 4) is 11.5 Å². The zero-order valence-electron chi connectivity index (χ0n) is 10.6. The van der Waals surface area contributed by atoms with Gasteiger partial charge in [-0.15, -0.1) is 0 Å². The van der Waals surface area contributed by atoms with Crippen LogP contribution in [0.1, 0.15) is 11.6 Å². The number of nitrogens with one attached hydrogen (secondary N) is 1. The molecule has 0 bridgehead atoms. The lowest BCUT2D eigenvalue weighted by Crippen LogP contribution is -2.20. The fourth-order valence-corrected chi connectivity index (χ4v) is 2.08. The lowest BCUT2D eigenvalue weighted by atomic mass is 10.1. The first-order valence-electron chi connectivity index (χ1n) is 6.18. The van der Waals surface area contributed by atoms with Gasteiger partial charge in [0, 0.05) is 5.69 Å². The van der Waals surface area contributed by atoms with Crippen molar-refractivity contribution < 1.29 is 19.4 Å². The Morgan fingerprint density at radius 2 is 1.85 bits per heavy atom. The van der Waals surface area contributed by atoms with E-state index in [1.165, 1.54) is 0 Å². The Balaban J connectivity index is 1.89. The van der Waals surface area contributed by atoms with Gasteiger partial charge < -0.3 is 19.9 Å². The van der Waals surface area contributed by atoms with Crippen molar-refractivity contribution in [2.24, 2.45) is 0 Å². The van der Waals surface area contributed by atoms with Crippen LogP contribution < -0.4 is 14.8 Å². The van der Waals surface area contributed by atoms with Crippen molar-refractivity contribution in [3.63, 3.8) is 0 Å². The molecule has 1 aliphatic heterocycles. The molecule has 102 valence electrons. The van der Waals surface area contributed by atoms with Crippen LogP contribution in [0, 0.1) is 0 Å². The molecule has 0 aromatic heterocycles. The minimum atomic E-state index is -0.951. The van der Waals surface area contributed by atoms with Crippen LogP contribution in [0.2, 0.25) is 0 Å². The maximum Gasteiger partial charge on any atom is 0.330 e. The molecule has 2 aromatic rings. The fourth-order valence-electron chi connectivity index (χ4n) is 2.08. The summed E-state index contributed by atoms with van der Waals surface area (Å²) in [5.74, 6) is 0.258. The number of carbonyl (C=O) groups is 1. The highest BCUT2D eigenvalue weighted by Gasteiger charge is 2.23. The van der Waals surface area contributed by atoms with E-state index in [0.29, 0.717) is 17.1 Å². The van der Waals surface area contributed by atoms with Gasteiger partial charge in [-0.2, -0.15) is 0 Å². The van der Waals surface area contributed by atoms with Crippen LogP contribution in [-0.4, -0.2) is 17.9 Å². The van der Waals surface area contributed by atoms with Crippen LogP contribution in [-0.2, 0) is 4.79 Å². The van der Waals surface area contributed by atoms with E-state index in [1.807, 2.05) is 30.3 Å². The number of hydrogen-bond donors (Lipinski definition) is 2. The Kier molecular flexibility index (Phi) is 3.16. The summed E-state index contributed by atoms with van der Waals surface area (Å²) in [6, 6.07) is 13.5. The molecule has 5 nitrogen and oxygen atoms in total. The first-order chi connectivity index (χ1) is 9.74. The van der Waals surface area contributed by atoms with Gasteiger partial charge in [0.05, 0.1) is 0 Å². The van der Waals surface area contributed by atoms with E-state index < -0.39 is 12.0 Å². The lowest BCUT2D eigenvalue weighted by molar-refractivity contribution is -0.138. The van der Waals surface area contributed by atoms with Gasteiger partial charge in [0.25, 0.3) is 0 Å². The van der Waals surface area contributed by atoms with Gasteiger partial charge in [0.1, 0.15) is 0 Å². The number of aliphatic carboxylic acids is 1. The van der Waals surface area contributed by atoms with Gasteiger partial charge in [-0.05, 0) is 29.8 Å². The molecule has 1 aliphatic rings. The molecule has 0 spiro atoms. The van der Waals surface area contributed by atoms with Crippen LogP contribution in [0.25, 0.3) is 0 Å². The summed E-state index contributed by atoms with van der Waals surface area (Å²) in [6.45, 7) is 0.169. The maximum absolute atomic E-state index is 11.5. The van der Waals surface area contributed by atoms with Crippen LogP contribution in [0.4, 0.5) is 5.69 Å². The molecule has 0 saturated heterocycles. The van der Waals surface area contributed by atoms with E-state index in [4.69, 9.17) is 9.47 Å². The van der Waals surface area contributed by atoms with Gasteiger partial charge in [0.2, 0.25) is 6.79 Å². The summed E-state index contributed by atoms with van der Waals surface area (Å²) in [5, 5.41) is 12.4. The Hall–Kier alpha value is -2.69. The lowest BCUT2D eigenvalue weighted by Gasteiger charge is -2.16. The van der Waals surface area contributed by atoms with Crippen molar-refractivity contribution in [2.75, 3.05) is 12.1 Å². The Bertz CT molecular complexity index is 627. The normalized spacial score (nSPS) is 13.8. The third-order valence-electron chi connectivity index (χ3n) is 3.06. The average Bonchev–Trinajstić information content (AvgIpc) is 2.93. The highest BCUT2D eigenvalue weighted by atomic mass is 16.7. The van der Waals surface area contributed by atoms with Crippen molar-refractivity contribution in [3.05, 3.63) is 54.1 Å². The number of rotatable bonds is 4. The first kappa shape index (κ1) is 12.3. The summed E-state index contributed by atoms with van der Waals surface area (Å²) in [5.41, 5.74) is 1.36. The summed E-state index contributed by atoms with van der Waals surface area (Å²) in [4.78, 5) is 11.5. The third-order valence-corrected chi connectivity index (χ3v) is 3.06. The van der Waals surface area contributed by atoms with E-state index in [-0.39, 0.29) is 6.79 Å².